The van der Waals surface area contributed by atoms with E-state index in [1.807, 2.05) is 19.9 Å². The van der Waals surface area contributed by atoms with Gasteiger partial charge in [0.15, 0.2) is 0 Å². The van der Waals surface area contributed by atoms with Crippen LogP contribution >= 0.6 is 0 Å². The van der Waals surface area contributed by atoms with E-state index in [0.717, 1.165) is 17.7 Å². The van der Waals surface area contributed by atoms with E-state index in [0.29, 0.717) is 0 Å². The van der Waals surface area contributed by atoms with Crippen LogP contribution in [-0.4, -0.2) is 10.9 Å². The van der Waals surface area contributed by atoms with Crippen LogP contribution in [0.25, 0.3) is 0 Å². The van der Waals surface area contributed by atoms with Crippen molar-refractivity contribution in [3.05, 3.63) is 24.3 Å². The van der Waals surface area contributed by atoms with Crippen molar-refractivity contribution in [2.24, 2.45) is 10.6 Å². The summed E-state index contributed by atoms with van der Waals surface area (Å²) < 4.78 is 0. The molecule has 2 heteroatoms. The molecular weight excluding hydrogens is 162 g/mol. The first-order valence-electron chi connectivity index (χ1n) is 4.42. The zero-order chi connectivity index (χ0) is 10.5. The van der Waals surface area contributed by atoms with Gasteiger partial charge in [-0.2, -0.15) is 0 Å². The summed E-state index contributed by atoms with van der Waals surface area (Å²) in [6, 6.07) is 0. The SMILES string of the molecule is C=C/C(C)=C/CC(C)(C)/C(C)=N/O. The Morgan fingerprint density at radius 2 is 2.00 bits per heavy atom. The number of hydrogen-bond donors (Lipinski definition) is 1. The van der Waals surface area contributed by atoms with Crippen molar-refractivity contribution in [3.63, 3.8) is 0 Å². The fourth-order valence-corrected chi connectivity index (χ4v) is 0.783. The predicted octanol–water partition coefficient (Wildman–Crippen LogP) is 3.39. The second-order valence-electron chi connectivity index (χ2n) is 3.93. The third-order valence-corrected chi connectivity index (χ3v) is 2.39. The Morgan fingerprint density at radius 3 is 2.38 bits per heavy atom. The minimum absolute atomic E-state index is 0.0843. The topological polar surface area (TPSA) is 32.6 Å². The quantitative estimate of drug-likeness (QED) is 0.306. The molecule has 0 aromatic rings. The molecule has 0 saturated carbocycles. The van der Waals surface area contributed by atoms with Crippen molar-refractivity contribution in [1.29, 1.82) is 0 Å². The van der Waals surface area contributed by atoms with Gasteiger partial charge in [0.2, 0.25) is 0 Å². The molecule has 0 unspecified atom stereocenters. The summed E-state index contributed by atoms with van der Waals surface area (Å²) in [5.41, 5.74) is 1.82. The van der Waals surface area contributed by atoms with Crippen LogP contribution < -0.4 is 0 Å². The van der Waals surface area contributed by atoms with E-state index in [-0.39, 0.29) is 5.41 Å². The number of nitrogens with zero attached hydrogens (tertiary/aromatic N) is 1. The second-order valence-corrected chi connectivity index (χ2v) is 3.93. The minimum atomic E-state index is -0.0843. The van der Waals surface area contributed by atoms with Crippen molar-refractivity contribution < 1.29 is 5.21 Å². The standard InChI is InChI=1S/C11H19NO/c1-6-9(2)7-8-11(4,5)10(3)12-13/h6-7,13H,1,8H2,2-5H3/b9-7+,12-10+. The van der Waals surface area contributed by atoms with Gasteiger partial charge in [0.25, 0.3) is 0 Å². The normalized spacial score (nSPS) is 14.5. The number of allylic oxidation sites excluding steroid dienone is 3. The average molecular weight is 181 g/mol. The van der Waals surface area contributed by atoms with Gasteiger partial charge in [0, 0.05) is 5.41 Å². The van der Waals surface area contributed by atoms with E-state index in [1.54, 1.807) is 0 Å². The van der Waals surface area contributed by atoms with Crippen molar-refractivity contribution in [2.45, 2.75) is 34.1 Å². The molecule has 0 radical (unpaired) electrons. The maximum atomic E-state index is 8.64. The molecule has 0 aliphatic rings. The highest BCUT2D eigenvalue weighted by Gasteiger charge is 2.20. The fraction of sp³-hybridized carbons (Fsp3) is 0.545. The molecule has 0 bridgehead atoms. The first-order chi connectivity index (χ1) is 5.94. The zero-order valence-electron chi connectivity index (χ0n) is 8.96. The van der Waals surface area contributed by atoms with E-state index in [4.69, 9.17) is 5.21 Å². The third-order valence-electron chi connectivity index (χ3n) is 2.39. The number of hydrogen-bond acceptors (Lipinski definition) is 2. The summed E-state index contributed by atoms with van der Waals surface area (Å²) in [5.74, 6) is 0. The zero-order valence-corrected chi connectivity index (χ0v) is 8.96. The summed E-state index contributed by atoms with van der Waals surface area (Å²) in [7, 11) is 0. The van der Waals surface area contributed by atoms with Gasteiger partial charge in [-0.25, -0.2) is 0 Å². The van der Waals surface area contributed by atoms with E-state index in [2.05, 4.69) is 31.7 Å². The highest BCUT2D eigenvalue weighted by Crippen LogP contribution is 2.23. The van der Waals surface area contributed by atoms with Crippen molar-refractivity contribution in [3.8, 4) is 0 Å². The molecular formula is C11H19NO. The summed E-state index contributed by atoms with van der Waals surface area (Å²) in [5, 5.41) is 11.9. The summed E-state index contributed by atoms with van der Waals surface area (Å²) in [6.07, 6.45) is 4.78. The van der Waals surface area contributed by atoms with Gasteiger partial charge in [-0.15, -0.1) is 0 Å². The molecule has 0 spiro atoms. The summed E-state index contributed by atoms with van der Waals surface area (Å²) in [4.78, 5) is 0. The third kappa shape index (κ3) is 3.92. The molecule has 0 aromatic heterocycles. The monoisotopic (exact) mass is 181 g/mol. The van der Waals surface area contributed by atoms with Crippen LogP contribution in [0, 0.1) is 5.41 Å². The molecule has 0 aliphatic heterocycles. The van der Waals surface area contributed by atoms with Gasteiger partial charge in [-0.1, -0.05) is 43.3 Å². The van der Waals surface area contributed by atoms with Gasteiger partial charge in [0.1, 0.15) is 0 Å². The van der Waals surface area contributed by atoms with Crippen molar-refractivity contribution in [2.75, 3.05) is 0 Å². The number of rotatable bonds is 4. The van der Waals surface area contributed by atoms with Crippen LogP contribution in [0.15, 0.2) is 29.5 Å². The average Bonchev–Trinajstić information content (AvgIpc) is 2.12. The Labute approximate surface area is 80.7 Å². The lowest BCUT2D eigenvalue weighted by Crippen LogP contribution is -2.20. The highest BCUT2D eigenvalue weighted by atomic mass is 16.4. The molecule has 2 nitrogen and oxygen atoms in total. The maximum absolute atomic E-state index is 8.64. The van der Waals surface area contributed by atoms with Crippen LogP contribution in [0.4, 0.5) is 0 Å². The van der Waals surface area contributed by atoms with E-state index in [1.165, 1.54) is 0 Å². The molecule has 0 aliphatic carbocycles. The number of oxime groups is 1. The molecule has 74 valence electrons. The van der Waals surface area contributed by atoms with Gasteiger partial charge < -0.3 is 5.21 Å². The Hall–Kier alpha value is -1.05. The lowest BCUT2D eigenvalue weighted by atomic mass is 9.84. The lowest BCUT2D eigenvalue weighted by Gasteiger charge is -2.21. The van der Waals surface area contributed by atoms with Crippen LogP contribution in [0.3, 0.4) is 0 Å². The minimum Gasteiger partial charge on any atom is -0.411 e. The highest BCUT2D eigenvalue weighted by molar-refractivity contribution is 5.86. The molecule has 0 heterocycles. The Kier molecular flexibility index (Phi) is 4.46. The Balaban J connectivity index is 4.43. The molecule has 0 saturated heterocycles. The molecule has 0 amide bonds. The summed E-state index contributed by atoms with van der Waals surface area (Å²) >= 11 is 0. The molecule has 0 fully saturated rings. The van der Waals surface area contributed by atoms with Crippen molar-refractivity contribution in [1.82, 2.24) is 0 Å². The van der Waals surface area contributed by atoms with Gasteiger partial charge >= 0.3 is 0 Å². The van der Waals surface area contributed by atoms with Gasteiger partial charge in [-0.3, -0.25) is 0 Å². The largest absolute Gasteiger partial charge is 0.411 e. The predicted molar refractivity (Wildman–Crippen MR) is 57.2 cm³/mol. The van der Waals surface area contributed by atoms with Crippen molar-refractivity contribution >= 4 is 5.71 Å². The molecule has 13 heavy (non-hydrogen) atoms. The second kappa shape index (κ2) is 4.85. The fourth-order valence-electron chi connectivity index (χ4n) is 0.783. The first kappa shape index (κ1) is 11.9. The van der Waals surface area contributed by atoms with Gasteiger partial charge in [-0.05, 0) is 20.3 Å². The van der Waals surface area contributed by atoms with Crippen LogP contribution in [0.2, 0.25) is 0 Å². The van der Waals surface area contributed by atoms with E-state index >= 15 is 0 Å². The van der Waals surface area contributed by atoms with Gasteiger partial charge in [0.05, 0.1) is 5.71 Å². The molecule has 0 rings (SSSR count). The van der Waals surface area contributed by atoms with E-state index < -0.39 is 0 Å². The Bertz CT molecular complexity index is 236. The Morgan fingerprint density at radius 1 is 1.46 bits per heavy atom. The van der Waals surface area contributed by atoms with E-state index in [9.17, 15) is 0 Å². The molecule has 0 atom stereocenters. The smallest absolute Gasteiger partial charge is 0.0599 e. The maximum Gasteiger partial charge on any atom is 0.0599 e. The lowest BCUT2D eigenvalue weighted by molar-refractivity contribution is 0.308. The first-order valence-corrected chi connectivity index (χ1v) is 4.42. The molecule has 0 aromatic carbocycles. The molecule has 1 N–H and O–H groups in total. The summed E-state index contributed by atoms with van der Waals surface area (Å²) in [6.45, 7) is 11.6. The van der Waals surface area contributed by atoms with Crippen LogP contribution in [0.5, 0.6) is 0 Å². The van der Waals surface area contributed by atoms with Crippen LogP contribution in [0.1, 0.15) is 34.1 Å². The van der Waals surface area contributed by atoms with Crippen LogP contribution in [-0.2, 0) is 0 Å².